The minimum atomic E-state index is -0.767. The minimum Gasteiger partial charge on any atom is -0.508 e. The minimum absolute atomic E-state index is 0.0450. The molecule has 0 radical (unpaired) electrons. The Bertz CT molecular complexity index is 4350. The van der Waals surface area contributed by atoms with Crippen molar-refractivity contribution in [3.8, 4) is 45.4 Å². The first kappa shape index (κ1) is 47.1. The highest BCUT2D eigenvalue weighted by Gasteiger charge is 2.25. The fourth-order valence-corrected chi connectivity index (χ4v) is 10.7. The monoisotopic (exact) mass is 1030 g/mol. The standard InChI is InChI=1S/2C26H18F2N6O2S/c1-13-12-37-25-21(13)26(36)34(19-5-3-2-4-17(19)28)20(31-25)11-33-24-22(18(29)6-7-30-24)23(32-33)14-8-15(27)10-16(35)9-14;1-13-12-37-25-21(13)26(36)34(18-5-3-2-4-15(18)27)20(31-25)11-33-24-22(17(29)8-9-30-24)23(32-33)14-6-7-16(28)19(35)10-14/h2*2-10,12,35H,11H2,1H3,(H2,29,30). The number of hydrogen-bond donors (Lipinski definition) is 4. The third kappa shape index (κ3) is 8.10. The molecule has 22 heteroatoms. The van der Waals surface area contributed by atoms with Gasteiger partial charge in [-0.05, 0) is 102 Å². The quantitative estimate of drug-likeness (QED) is 0.104. The average molecular weight is 1030 g/mol. The summed E-state index contributed by atoms with van der Waals surface area (Å²) in [6.07, 6.45) is 3.02. The van der Waals surface area contributed by atoms with Crippen LogP contribution in [-0.2, 0) is 13.1 Å². The number of phenolic OH excluding ortho intramolecular Hbond substituents is 2. The zero-order chi connectivity index (χ0) is 51.7. The maximum Gasteiger partial charge on any atom is 0.267 e. The Labute approximate surface area is 422 Å². The lowest BCUT2D eigenvalue weighted by atomic mass is 10.1. The topological polar surface area (TPSA) is 224 Å². The number of rotatable bonds is 8. The fourth-order valence-electron chi connectivity index (χ4n) is 8.82. The molecular formula is C52H36F4N12O4S2. The summed E-state index contributed by atoms with van der Waals surface area (Å²) in [5.41, 5.74) is 16.2. The predicted octanol–water partition coefficient (Wildman–Crippen LogP) is 9.56. The van der Waals surface area contributed by atoms with Crippen LogP contribution in [0.3, 0.4) is 0 Å². The second-order valence-corrected chi connectivity index (χ2v) is 18.7. The number of nitrogens with zero attached hydrogens (tertiary/aromatic N) is 10. The molecular weight excluding hydrogens is 997 g/mol. The number of aromatic nitrogens is 10. The Morgan fingerprint density at radius 1 is 0.568 bits per heavy atom. The summed E-state index contributed by atoms with van der Waals surface area (Å²) >= 11 is 2.64. The zero-order valence-electron chi connectivity index (χ0n) is 38.6. The highest BCUT2D eigenvalue weighted by molar-refractivity contribution is 7.17. The van der Waals surface area contributed by atoms with E-state index in [1.807, 2.05) is 24.6 Å². The summed E-state index contributed by atoms with van der Waals surface area (Å²) < 4.78 is 63.1. The Morgan fingerprint density at radius 2 is 1.05 bits per heavy atom. The summed E-state index contributed by atoms with van der Waals surface area (Å²) in [4.78, 5) is 46.5. The van der Waals surface area contributed by atoms with Crippen LogP contribution in [0.4, 0.5) is 28.9 Å². The van der Waals surface area contributed by atoms with Crippen molar-refractivity contribution in [2.45, 2.75) is 26.9 Å². The third-order valence-corrected chi connectivity index (χ3v) is 14.2. The molecule has 6 N–H and O–H groups in total. The first-order valence-electron chi connectivity index (χ1n) is 22.3. The number of anilines is 2. The van der Waals surface area contributed by atoms with Gasteiger partial charge in [0.15, 0.2) is 22.9 Å². The molecule has 12 aromatic rings. The summed E-state index contributed by atoms with van der Waals surface area (Å²) in [5.74, 6) is -2.90. The SMILES string of the molecule is Cc1csc2nc(Cn3nc(-c4cc(O)cc(F)c4)c4c(N)ccnc43)n(-c3ccccc3F)c(=O)c12.Cc1csc2nc(Cn3nc(-c4ccc(F)c(O)c4)c4c(N)ccnc43)n(-c3ccccc3F)c(=O)c12. The van der Waals surface area contributed by atoms with Gasteiger partial charge in [0.05, 0.1) is 32.9 Å². The highest BCUT2D eigenvalue weighted by atomic mass is 32.1. The molecule has 4 aromatic carbocycles. The molecule has 0 atom stereocenters. The maximum atomic E-state index is 14.9. The number of hydrogen-bond acceptors (Lipinski definition) is 14. The number of benzene rings is 4. The number of pyridine rings is 2. The molecule has 0 aliphatic heterocycles. The molecule has 0 aliphatic rings. The summed E-state index contributed by atoms with van der Waals surface area (Å²) in [6.45, 7) is 3.51. The van der Waals surface area contributed by atoms with E-state index in [0.29, 0.717) is 76.4 Å². The van der Waals surface area contributed by atoms with Crippen molar-refractivity contribution in [1.82, 2.24) is 48.6 Å². The molecule has 0 saturated heterocycles. The fraction of sp³-hybridized carbons (Fsp3) is 0.0769. The lowest BCUT2D eigenvalue weighted by Gasteiger charge is -2.14. The molecule has 0 bridgehead atoms. The highest BCUT2D eigenvalue weighted by Crippen LogP contribution is 2.36. The first-order valence-corrected chi connectivity index (χ1v) is 24.1. The Kier molecular flexibility index (Phi) is 11.7. The molecule has 74 heavy (non-hydrogen) atoms. The number of fused-ring (bicyclic) bond motifs is 4. The molecule has 16 nitrogen and oxygen atoms in total. The van der Waals surface area contributed by atoms with Gasteiger partial charge in [-0.2, -0.15) is 10.2 Å². The number of halogens is 4. The van der Waals surface area contributed by atoms with Crippen molar-refractivity contribution in [2.24, 2.45) is 0 Å². The number of phenols is 2. The molecule has 0 saturated carbocycles. The number of para-hydroxylation sites is 2. The van der Waals surface area contributed by atoms with E-state index in [4.69, 9.17) is 21.4 Å². The molecule has 0 spiro atoms. The van der Waals surface area contributed by atoms with Crippen LogP contribution < -0.4 is 22.6 Å². The van der Waals surface area contributed by atoms with Crippen LogP contribution in [0, 0.1) is 37.1 Å². The van der Waals surface area contributed by atoms with Gasteiger partial charge in [0.1, 0.15) is 69.0 Å². The number of thiophene rings is 2. The van der Waals surface area contributed by atoms with Crippen molar-refractivity contribution < 1.29 is 27.8 Å². The van der Waals surface area contributed by atoms with Crippen molar-refractivity contribution in [3.63, 3.8) is 0 Å². The van der Waals surface area contributed by atoms with Crippen LogP contribution in [0.5, 0.6) is 11.5 Å². The van der Waals surface area contributed by atoms with E-state index in [2.05, 4.69) is 20.2 Å². The van der Waals surface area contributed by atoms with E-state index in [-0.39, 0.29) is 41.9 Å². The van der Waals surface area contributed by atoms with Crippen LogP contribution in [0.2, 0.25) is 0 Å². The van der Waals surface area contributed by atoms with Crippen molar-refractivity contribution in [1.29, 1.82) is 0 Å². The average Bonchev–Trinajstić information content (AvgIpc) is 4.15. The molecule has 12 rings (SSSR count). The lowest BCUT2D eigenvalue weighted by Crippen LogP contribution is -2.26. The van der Waals surface area contributed by atoms with Crippen LogP contribution in [0.25, 0.3) is 76.4 Å². The van der Waals surface area contributed by atoms with Crippen LogP contribution >= 0.6 is 22.7 Å². The largest absolute Gasteiger partial charge is 0.508 e. The van der Waals surface area contributed by atoms with E-state index in [1.54, 1.807) is 36.4 Å². The van der Waals surface area contributed by atoms with Gasteiger partial charge in [0, 0.05) is 41.0 Å². The van der Waals surface area contributed by atoms with Gasteiger partial charge in [-0.1, -0.05) is 24.3 Å². The van der Waals surface area contributed by atoms with E-state index in [1.165, 1.54) is 102 Å². The van der Waals surface area contributed by atoms with E-state index < -0.39 is 40.1 Å². The second-order valence-electron chi connectivity index (χ2n) is 17.0. The first-order chi connectivity index (χ1) is 35.6. The van der Waals surface area contributed by atoms with E-state index in [0.717, 1.165) is 23.3 Å². The van der Waals surface area contributed by atoms with Crippen LogP contribution in [0.1, 0.15) is 22.8 Å². The van der Waals surface area contributed by atoms with Gasteiger partial charge >= 0.3 is 0 Å². The van der Waals surface area contributed by atoms with Gasteiger partial charge in [-0.3, -0.25) is 18.7 Å². The summed E-state index contributed by atoms with van der Waals surface area (Å²) in [6, 6.07) is 22.6. The van der Waals surface area contributed by atoms with E-state index >= 15 is 0 Å². The smallest absolute Gasteiger partial charge is 0.267 e. The second kappa shape index (κ2) is 18.4. The summed E-state index contributed by atoms with van der Waals surface area (Å²) in [7, 11) is 0. The van der Waals surface area contributed by atoms with Crippen LogP contribution in [0.15, 0.2) is 130 Å². The zero-order valence-corrected chi connectivity index (χ0v) is 40.3. The van der Waals surface area contributed by atoms with Gasteiger partial charge in [0.2, 0.25) is 0 Å². The van der Waals surface area contributed by atoms with Gasteiger partial charge < -0.3 is 21.7 Å². The molecule has 0 amide bonds. The number of aromatic hydroxyl groups is 2. The van der Waals surface area contributed by atoms with E-state index in [9.17, 15) is 37.4 Å². The van der Waals surface area contributed by atoms with Gasteiger partial charge in [-0.15, -0.1) is 22.7 Å². The Balaban J connectivity index is 0.000000159. The number of nitrogen functional groups attached to an aromatic ring is 2. The Hall–Kier alpha value is -9.28. The predicted molar refractivity (Wildman–Crippen MR) is 276 cm³/mol. The maximum absolute atomic E-state index is 14.9. The van der Waals surface area contributed by atoms with Gasteiger partial charge in [-0.25, -0.2) is 46.9 Å². The number of aryl methyl sites for hydroxylation is 2. The lowest BCUT2D eigenvalue weighted by molar-refractivity contribution is 0.432. The third-order valence-electron chi connectivity index (χ3n) is 12.2. The molecule has 8 heterocycles. The number of nitrogens with two attached hydrogens (primary N) is 2. The van der Waals surface area contributed by atoms with Gasteiger partial charge in [0.25, 0.3) is 11.1 Å². The molecule has 8 aromatic heterocycles. The normalized spacial score (nSPS) is 11.5. The molecule has 0 fully saturated rings. The van der Waals surface area contributed by atoms with Crippen molar-refractivity contribution >= 4 is 76.5 Å². The molecule has 0 unspecified atom stereocenters. The summed E-state index contributed by atoms with van der Waals surface area (Å²) in [5, 5.41) is 34.6. The van der Waals surface area contributed by atoms with Crippen molar-refractivity contribution in [2.75, 3.05) is 11.5 Å². The Morgan fingerprint density at radius 3 is 1.53 bits per heavy atom. The molecule has 368 valence electrons. The molecule has 0 aliphatic carbocycles. The van der Waals surface area contributed by atoms with Crippen LogP contribution in [-0.4, -0.2) is 58.8 Å². The van der Waals surface area contributed by atoms with Crippen molar-refractivity contribution in [3.05, 3.63) is 187 Å².